The SMILES string of the molecule is Cc1ccccc1CCCCBr. The number of benzene rings is 1. The Kier molecular flexibility index (Phi) is 4.37. The maximum atomic E-state index is 3.44. The summed E-state index contributed by atoms with van der Waals surface area (Å²) < 4.78 is 0. The van der Waals surface area contributed by atoms with Gasteiger partial charge in [0, 0.05) is 5.33 Å². The lowest BCUT2D eigenvalue weighted by atomic mass is 10.0. The van der Waals surface area contributed by atoms with Crippen LogP contribution in [0.25, 0.3) is 0 Å². The van der Waals surface area contributed by atoms with E-state index in [1.807, 2.05) is 0 Å². The molecule has 0 spiro atoms. The fourth-order valence-electron chi connectivity index (χ4n) is 1.30. The molecule has 0 atom stereocenters. The lowest BCUT2D eigenvalue weighted by molar-refractivity contribution is 0.802. The van der Waals surface area contributed by atoms with Gasteiger partial charge in [0.1, 0.15) is 0 Å². The smallest absolute Gasteiger partial charge is 0.00314 e. The highest BCUT2D eigenvalue weighted by Crippen LogP contribution is 2.10. The van der Waals surface area contributed by atoms with E-state index < -0.39 is 0 Å². The molecule has 1 aromatic rings. The summed E-state index contributed by atoms with van der Waals surface area (Å²) >= 11 is 3.44. The number of hydrogen-bond acceptors (Lipinski definition) is 0. The van der Waals surface area contributed by atoms with E-state index in [1.165, 1.54) is 30.4 Å². The van der Waals surface area contributed by atoms with Crippen molar-refractivity contribution in [1.29, 1.82) is 0 Å². The molecule has 0 fully saturated rings. The van der Waals surface area contributed by atoms with Crippen molar-refractivity contribution in [3.05, 3.63) is 35.4 Å². The van der Waals surface area contributed by atoms with E-state index in [1.54, 1.807) is 0 Å². The first-order valence-corrected chi connectivity index (χ1v) is 5.57. The summed E-state index contributed by atoms with van der Waals surface area (Å²) in [6.45, 7) is 2.18. The Morgan fingerprint density at radius 1 is 1.17 bits per heavy atom. The lowest BCUT2D eigenvalue weighted by Gasteiger charge is -2.03. The van der Waals surface area contributed by atoms with Crippen LogP contribution in [0.3, 0.4) is 0 Å². The summed E-state index contributed by atoms with van der Waals surface area (Å²) in [7, 11) is 0. The molecule has 0 saturated carbocycles. The molecule has 0 unspecified atom stereocenters. The minimum Gasteiger partial charge on any atom is -0.0928 e. The van der Waals surface area contributed by atoms with Crippen molar-refractivity contribution in [3.63, 3.8) is 0 Å². The summed E-state index contributed by atoms with van der Waals surface area (Å²) in [4.78, 5) is 0. The first-order valence-electron chi connectivity index (χ1n) is 4.45. The van der Waals surface area contributed by atoms with Crippen LogP contribution in [0.2, 0.25) is 0 Å². The second-order valence-electron chi connectivity index (χ2n) is 3.07. The van der Waals surface area contributed by atoms with E-state index >= 15 is 0 Å². The second-order valence-corrected chi connectivity index (χ2v) is 3.87. The van der Waals surface area contributed by atoms with Crippen molar-refractivity contribution in [2.75, 3.05) is 5.33 Å². The van der Waals surface area contributed by atoms with Crippen LogP contribution in [0.1, 0.15) is 24.0 Å². The monoisotopic (exact) mass is 226 g/mol. The molecule has 0 aromatic heterocycles. The van der Waals surface area contributed by atoms with Gasteiger partial charge in [-0.2, -0.15) is 0 Å². The highest BCUT2D eigenvalue weighted by atomic mass is 79.9. The quantitative estimate of drug-likeness (QED) is 0.543. The van der Waals surface area contributed by atoms with E-state index in [4.69, 9.17) is 0 Å². The second kappa shape index (κ2) is 5.36. The Morgan fingerprint density at radius 2 is 1.92 bits per heavy atom. The van der Waals surface area contributed by atoms with Gasteiger partial charge in [0.05, 0.1) is 0 Å². The molecule has 0 amide bonds. The Balaban J connectivity index is 2.46. The summed E-state index contributed by atoms with van der Waals surface area (Å²) in [5.41, 5.74) is 2.92. The van der Waals surface area contributed by atoms with Gasteiger partial charge < -0.3 is 0 Å². The lowest BCUT2D eigenvalue weighted by Crippen LogP contribution is -1.89. The number of aryl methyl sites for hydroxylation is 2. The third kappa shape index (κ3) is 2.98. The number of unbranched alkanes of at least 4 members (excludes halogenated alkanes) is 1. The van der Waals surface area contributed by atoms with Crippen LogP contribution < -0.4 is 0 Å². The fraction of sp³-hybridized carbons (Fsp3) is 0.455. The van der Waals surface area contributed by atoms with Gasteiger partial charge >= 0.3 is 0 Å². The molecule has 0 nitrogen and oxygen atoms in total. The molecule has 0 aliphatic heterocycles. The van der Waals surface area contributed by atoms with Gasteiger partial charge in [0.25, 0.3) is 0 Å². The van der Waals surface area contributed by atoms with E-state index in [0.29, 0.717) is 0 Å². The van der Waals surface area contributed by atoms with Crippen LogP contribution in [0.15, 0.2) is 24.3 Å². The molecule has 1 heteroatoms. The minimum atomic E-state index is 1.12. The Hall–Kier alpha value is -0.300. The molecular weight excluding hydrogens is 212 g/mol. The number of alkyl halides is 1. The maximum absolute atomic E-state index is 3.44. The number of halogens is 1. The van der Waals surface area contributed by atoms with Crippen LogP contribution >= 0.6 is 15.9 Å². The van der Waals surface area contributed by atoms with Gasteiger partial charge in [0.15, 0.2) is 0 Å². The summed E-state index contributed by atoms with van der Waals surface area (Å²) in [5, 5.41) is 1.12. The van der Waals surface area contributed by atoms with Crippen molar-refractivity contribution in [1.82, 2.24) is 0 Å². The summed E-state index contributed by atoms with van der Waals surface area (Å²) in [6, 6.07) is 8.63. The van der Waals surface area contributed by atoms with E-state index in [9.17, 15) is 0 Å². The van der Waals surface area contributed by atoms with Gasteiger partial charge in [-0.1, -0.05) is 40.2 Å². The van der Waals surface area contributed by atoms with Crippen LogP contribution in [-0.4, -0.2) is 5.33 Å². The average molecular weight is 227 g/mol. The van der Waals surface area contributed by atoms with Crippen LogP contribution in [0, 0.1) is 6.92 Å². The molecule has 0 N–H and O–H groups in total. The predicted octanol–water partition coefficient (Wildman–Crippen LogP) is 3.71. The van der Waals surface area contributed by atoms with Gasteiger partial charge in [-0.05, 0) is 37.3 Å². The molecule has 0 aliphatic carbocycles. The predicted molar refractivity (Wildman–Crippen MR) is 57.9 cm³/mol. The molecule has 0 bridgehead atoms. The Morgan fingerprint density at radius 3 is 2.58 bits per heavy atom. The van der Waals surface area contributed by atoms with E-state index in [0.717, 1.165) is 5.33 Å². The highest BCUT2D eigenvalue weighted by molar-refractivity contribution is 9.09. The summed E-state index contributed by atoms with van der Waals surface area (Å²) in [6.07, 6.45) is 3.78. The average Bonchev–Trinajstić information content (AvgIpc) is 2.09. The third-order valence-electron chi connectivity index (χ3n) is 2.09. The molecule has 66 valence electrons. The molecular formula is C11H15Br. The molecule has 0 saturated heterocycles. The van der Waals surface area contributed by atoms with E-state index in [2.05, 4.69) is 47.1 Å². The third-order valence-corrected chi connectivity index (χ3v) is 2.65. The first kappa shape index (κ1) is 9.79. The molecule has 0 aliphatic rings. The molecule has 0 heterocycles. The zero-order chi connectivity index (χ0) is 8.81. The molecule has 1 rings (SSSR count). The van der Waals surface area contributed by atoms with Crippen molar-refractivity contribution in [3.8, 4) is 0 Å². The van der Waals surface area contributed by atoms with Gasteiger partial charge in [-0.25, -0.2) is 0 Å². The van der Waals surface area contributed by atoms with Crippen molar-refractivity contribution in [2.24, 2.45) is 0 Å². The van der Waals surface area contributed by atoms with E-state index in [-0.39, 0.29) is 0 Å². The minimum absolute atomic E-state index is 1.12. The normalized spacial score (nSPS) is 10.2. The summed E-state index contributed by atoms with van der Waals surface area (Å²) in [5.74, 6) is 0. The zero-order valence-electron chi connectivity index (χ0n) is 7.52. The largest absolute Gasteiger partial charge is 0.0928 e. The van der Waals surface area contributed by atoms with Crippen molar-refractivity contribution in [2.45, 2.75) is 26.2 Å². The van der Waals surface area contributed by atoms with Gasteiger partial charge in [-0.3, -0.25) is 0 Å². The fourth-order valence-corrected chi connectivity index (χ4v) is 1.70. The van der Waals surface area contributed by atoms with Crippen LogP contribution in [-0.2, 0) is 6.42 Å². The van der Waals surface area contributed by atoms with Crippen molar-refractivity contribution < 1.29 is 0 Å². The molecule has 1 aromatic carbocycles. The number of hydrogen-bond donors (Lipinski definition) is 0. The number of rotatable bonds is 4. The maximum Gasteiger partial charge on any atom is 0.00314 e. The van der Waals surface area contributed by atoms with Gasteiger partial charge in [0.2, 0.25) is 0 Å². The van der Waals surface area contributed by atoms with Crippen LogP contribution in [0.5, 0.6) is 0 Å². The van der Waals surface area contributed by atoms with Crippen molar-refractivity contribution >= 4 is 15.9 Å². The standard InChI is InChI=1S/C11H15Br/c1-10-6-2-3-7-11(10)8-4-5-9-12/h2-3,6-7H,4-5,8-9H2,1H3. The van der Waals surface area contributed by atoms with Crippen LogP contribution in [0.4, 0.5) is 0 Å². The zero-order valence-corrected chi connectivity index (χ0v) is 9.10. The first-order chi connectivity index (χ1) is 5.84. The topological polar surface area (TPSA) is 0 Å². The molecule has 12 heavy (non-hydrogen) atoms. The van der Waals surface area contributed by atoms with Gasteiger partial charge in [-0.15, -0.1) is 0 Å². The Bertz CT molecular complexity index is 230. The Labute approximate surface area is 83.1 Å². The highest BCUT2D eigenvalue weighted by Gasteiger charge is 1.95. The molecule has 0 radical (unpaired) electrons.